The van der Waals surface area contributed by atoms with Gasteiger partial charge in [0.2, 0.25) is 11.8 Å². The lowest BCUT2D eigenvalue weighted by Gasteiger charge is -2.61. The van der Waals surface area contributed by atoms with Gasteiger partial charge in [-0.2, -0.15) is 14.6 Å². The topological polar surface area (TPSA) is 149 Å². The van der Waals surface area contributed by atoms with Gasteiger partial charge in [-0.15, -0.1) is 5.10 Å². The molecule has 4 aliphatic heterocycles. The summed E-state index contributed by atoms with van der Waals surface area (Å²) in [7, 11) is 0. The fourth-order valence-electron chi connectivity index (χ4n) is 7.46. The summed E-state index contributed by atoms with van der Waals surface area (Å²) < 4.78 is 7.87. The zero-order valence-corrected chi connectivity index (χ0v) is 26.4. The highest BCUT2D eigenvalue weighted by atomic mass is 16.5. The van der Waals surface area contributed by atoms with E-state index in [1.165, 1.54) is 0 Å². The summed E-state index contributed by atoms with van der Waals surface area (Å²) >= 11 is 0. The molecular formula is C32H39N11O3. The van der Waals surface area contributed by atoms with Crippen LogP contribution in [0.15, 0.2) is 36.8 Å². The highest BCUT2D eigenvalue weighted by Crippen LogP contribution is 2.42. The Morgan fingerprint density at radius 1 is 1.07 bits per heavy atom. The van der Waals surface area contributed by atoms with Crippen molar-refractivity contribution >= 4 is 29.1 Å². The SMILES string of the molecule is CC(C)Oc1c(-c2cn[nH]c2)ncc2nc(N[C@H]3CCN(CCN4CC5(C4)CN(c4ccc6c(c4)C(=O)NC6=O)C5)C[C@H]3C)nn12. The van der Waals surface area contributed by atoms with E-state index in [1.54, 1.807) is 29.2 Å². The molecule has 3 saturated heterocycles. The molecule has 0 bridgehead atoms. The van der Waals surface area contributed by atoms with E-state index in [2.05, 4.69) is 47.4 Å². The minimum Gasteiger partial charge on any atom is -0.473 e. The standard InChI is InChI=1S/C32H39N11O3/c1-19(2)46-30-27(21-11-34-35-12-21)33-13-26-37-31(39-43(26)30)36-25-6-7-40(14-20(25)3)8-9-41-15-32(16-41)17-42(18-32)22-4-5-23-24(10-22)29(45)38-28(23)44/h4-5,10-13,19-20,25H,6-9,14-18H2,1-3H3,(H,34,35)(H,36,39)(H,38,44,45)/t20-,25+/m1/s1. The number of ether oxygens (including phenoxy) is 1. The fraction of sp³-hybridized carbons (Fsp3) is 0.500. The Bertz CT molecular complexity index is 1790. The van der Waals surface area contributed by atoms with E-state index in [1.807, 2.05) is 26.0 Å². The number of likely N-dealkylation sites (tertiary alicyclic amines) is 2. The van der Waals surface area contributed by atoms with E-state index in [9.17, 15) is 9.59 Å². The molecule has 0 radical (unpaired) electrons. The molecule has 14 heteroatoms. The minimum atomic E-state index is -0.301. The number of carbonyl (C=O) groups excluding carboxylic acids is 2. The first kappa shape index (κ1) is 28.9. The molecule has 4 aromatic rings. The Labute approximate surface area is 266 Å². The molecule has 46 heavy (non-hydrogen) atoms. The fourth-order valence-corrected chi connectivity index (χ4v) is 7.46. The lowest BCUT2D eigenvalue weighted by molar-refractivity contribution is -0.0277. The predicted molar refractivity (Wildman–Crippen MR) is 171 cm³/mol. The number of carbonyl (C=O) groups is 2. The van der Waals surface area contributed by atoms with Gasteiger partial charge in [-0.05, 0) is 44.4 Å². The molecule has 0 saturated carbocycles. The Morgan fingerprint density at radius 3 is 2.63 bits per heavy atom. The maximum Gasteiger partial charge on any atom is 0.259 e. The molecule has 3 aromatic heterocycles. The molecule has 7 heterocycles. The summed E-state index contributed by atoms with van der Waals surface area (Å²) in [4.78, 5) is 40.7. The van der Waals surface area contributed by atoms with Gasteiger partial charge in [-0.3, -0.25) is 20.0 Å². The van der Waals surface area contributed by atoms with Crippen molar-refractivity contribution in [3.05, 3.63) is 47.9 Å². The summed E-state index contributed by atoms with van der Waals surface area (Å²) in [5.74, 6) is 0.983. The van der Waals surface area contributed by atoms with Crippen LogP contribution in [0.25, 0.3) is 16.9 Å². The van der Waals surface area contributed by atoms with Crippen LogP contribution in [0.5, 0.6) is 5.88 Å². The van der Waals surface area contributed by atoms with Crippen LogP contribution in [0.1, 0.15) is 47.9 Å². The molecule has 0 aliphatic carbocycles. The summed E-state index contributed by atoms with van der Waals surface area (Å²) in [5.41, 5.74) is 4.47. The number of H-pyrrole nitrogens is 1. The van der Waals surface area contributed by atoms with Gasteiger partial charge in [0.1, 0.15) is 5.69 Å². The number of imide groups is 1. The van der Waals surface area contributed by atoms with E-state index < -0.39 is 0 Å². The third-order valence-corrected chi connectivity index (χ3v) is 9.75. The van der Waals surface area contributed by atoms with Crippen LogP contribution in [0.4, 0.5) is 11.6 Å². The van der Waals surface area contributed by atoms with Crippen LogP contribution in [0.2, 0.25) is 0 Å². The number of nitrogens with zero attached hydrogens (tertiary/aromatic N) is 8. The second-order valence-electron chi connectivity index (χ2n) is 13.7. The highest BCUT2D eigenvalue weighted by molar-refractivity contribution is 6.21. The van der Waals surface area contributed by atoms with Crippen molar-refractivity contribution < 1.29 is 14.3 Å². The van der Waals surface area contributed by atoms with Crippen molar-refractivity contribution in [2.45, 2.75) is 39.3 Å². The first-order valence-corrected chi connectivity index (χ1v) is 16.1. The second-order valence-corrected chi connectivity index (χ2v) is 13.7. The predicted octanol–water partition coefficient (Wildman–Crippen LogP) is 2.13. The quantitative estimate of drug-likeness (QED) is 0.235. The van der Waals surface area contributed by atoms with Crippen LogP contribution >= 0.6 is 0 Å². The zero-order chi connectivity index (χ0) is 31.6. The van der Waals surface area contributed by atoms with E-state index in [0.29, 0.717) is 45.6 Å². The molecular weight excluding hydrogens is 586 g/mol. The number of amides is 2. The first-order chi connectivity index (χ1) is 22.2. The van der Waals surface area contributed by atoms with Gasteiger partial charge in [-0.1, -0.05) is 6.92 Å². The smallest absolute Gasteiger partial charge is 0.259 e. The molecule has 14 nitrogen and oxygen atoms in total. The van der Waals surface area contributed by atoms with Crippen LogP contribution in [-0.4, -0.2) is 116 Å². The van der Waals surface area contributed by atoms with E-state index in [0.717, 1.165) is 70.0 Å². The zero-order valence-electron chi connectivity index (χ0n) is 26.4. The molecule has 240 valence electrons. The van der Waals surface area contributed by atoms with Crippen molar-refractivity contribution in [3.63, 3.8) is 0 Å². The third kappa shape index (κ3) is 5.14. The molecule has 3 fully saturated rings. The maximum atomic E-state index is 12.1. The second kappa shape index (κ2) is 11.1. The molecule has 2 amide bonds. The van der Waals surface area contributed by atoms with Crippen LogP contribution in [0.3, 0.4) is 0 Å². The van der Waals surface area contributed by atoms with Crippen molar-refractivity contribution in [2.24, 2.45) is 11.3 Å². The van der Waals surface area contributed by atoms with Gasteiger partial charge in [0.25, 0.3) is 11.8 Å². The number of anilines is 2. The Morgan fingerprint density at radius 2 is 1.87 bits per heavy atom. The summed E-state index contributed by atoms with van der Waals surface area (Å²) in [6.07, 6.45) is 6.20. The molecule has 1 aromatic carbocycles. The number of rotatable bonds is 9. The number of benzene rings is 1. The normalized spacial score (nSPS) is 22.7. The number of hydrogen-bond donors (Lipinski definition) is 3. The number of aromatic amines is 1. The van der Waals surface area contributed by atoms with Gasteiger partial charge >= 0.3 is 0 Å². The van der Waals surface area contributed by atoms with Crippen molar-refractivity contribution in [2.75, 3.05) is 62.6 Å². The van der Waals surface area contributed by atoms with Gasteiger partial charge in [0, 0.05) is 81.3 Å². The molecule has 0 unspecified atom stereocenters. The van der Waals surface area contributed by atoms with Gasteiger partial charge in [0.05, 0.1) is 29.6 Å². The van der Waals surface area contributed by atoms with Crippen LogP contribution in [0, 0.1) is 11.3 Å². The average molecular weight is 626 g/mol. The van der Waals surface area contributed by atoms with Crippen molar-refractivity contribution in [1.29, 1.82) is 0 Å². The lowest BCUT2D eigenvalue weighted by atomic mass is 9.72. The average Bonchev–Trinajstić information content (AvgIpc) is 3.72. The van der Waals surface area contributed by atoms with E-state index in [4.69, 9.17) is 14.8 Å². The van der Waals surface area contributed by atoms with Gasteiger partial charge < -0.3 is 24.8 Å². The number of piperidine rings is 1. The molecule has 2 atom stereocenters. The molecule has 8 rings (SSSR count). The van der Waals surface area contributed by atoms with E-state index >= 15 is 0 Å². The van der Waals surface area contributed by atoms with E-state index in [-0.39, 0.29) is 24.0 Å². The van der Waals surface area contributed by atoms with Crippen molar-refractivity contribution in [1.82, 2.24) is 44.9 Å². The Hall–Kier alpha value is -4.56. The Kier molecular flexibility index (Phi) is 6.94. The third-order valence-electron chi connectivity index (χ3n) is 9.75. The number of nitrogens with one attached hydrogen (secondary N) is 3. The summed E-state index contributed by atoms with van der Waals surface area (Å²) in [5, 5.41) is 17.7. The van der Waals surface area contributed by atoms with Gasteiger partial charge in [0.15, 0.2) is 5.65 Å². The number of hydrogen-bond acceptors (Lipinski definition) is 11. The lowest BCUT2D eigenvalue weighted by Crippen LogP contribution is -2.72. The number of aromatic nitrogens is 6. The minimum absolute atomic E-state index is 0.0527. The summed E-state index contributed by atoms with van der Waals surface area (Å²) in [6, 6.07) is 5.86. The Balaban J connectivity index is 0.820. The maximum absolute atomic E-state index is 12.1. The first-order valence-electron chi connectivity index (χ1n) is 16.1. The van der Waals surface area contributed by atoms with Crippen molar-refractivity contribution in [3.8, 4) is 17.1 Å². The molecule has 3 N–H and O–H groups in total. The molecule has 1 spiro atoms. The number of fused-ring (bicyclic) bond motifs is 2. The highest BCUT2D eigenvalue weighted by Gasteiger charge is 2.51. The van der Waals surface area contributed by atoms with Gasteiger partial charge in [-0.25, -0.2) is 4.98 Å². The largest absolute Gasteiger partial charge is 0.473 e. The summed E-state index contributed by atoms with van der Waals surface area (Å²) in [6.45, 7) is 14.7. The van der Waals surface area contributed by atoms with Crippen LogP contribution < -0.4 is 20.3 Å². The van der Waals surface area contributed by atoms with Crippen LogP contribution in [-0.2, 0) is 0 Å². The molecule has 4 aliphatic rings. The monoisotopic (exact) mass is 625 g/mol.